The molecule has 2 fully saturated rings. The Morgan fingerprint density at radius 3 is 2.31 bits per heavy atom. The Morgan fingerprint density at radius 2 is 1.80 bits per heavy atom. The van der Waals surface area contributed by atoms with Gasteiger partial charge >= 0.3 is 15.6 Å². The Labute approximate surface area is 208 Å². The number of rotatable bonds is 6. The Balaban J connectivity index is 0.00000137. The summed E-state index contributed by atoms with van der Waals surface area (Å²) in [5.74, 6) is 0.252. The van der Waals surface area contributed by atoms with Gasteiger partial charge in [0.1, 0.15) is 12.0 Å². The van der Waals surface area contributed by atoms with Gasteiger partial charge in [0, 0.05) is 5.41 Å². The first-order chi connectivity index (χ1) is 16.1. The fraction of sp³-hybridized carbons (Fsp3) is 0.731. The molecule has 200 valence electrons. The molecular weight excluding hydrogens is 479 g/mol. The largest absolute Gasteiger partial charge is 0.534 e. The smallest absolute Gasteiger partial charge is 0.380 e. The average molecular weight is 520 g/mol. The summed E-state index contributed by atoms with van der Waals surface area (Å²) in [6, 6.07) is 0. The van der Waals surface area contributed by atoms with Crippen molar-refractivity contribution in [3.05, 3.63) is 35.1 Å². The molecule has 3 aliphatic rings. The molecule has 0 aromatic carbocycles. The third kappa shape index (κ3) is 5.71. The van der Waals surface area contributed by atoms with E-state index in [-0.39, 0.29) is 28.9 Å². The number of fused-ring (bicyclic) bond motifs is 3. The topological polar surface area (TPSA) is 63.7 Å². The van der Waals surface area contributed by atoms with Gasteiger partial charge in [-0.15, -0.1) is 0 Å². The van der Waals surface area contributed by atoms with Crippen LogP contribution >= 0.6 is 0 Å². The molecule has 0 heterocycles. The maximum atomic E-state index is 12.9. The quantitative estimate of drug-likeness (QED) is 0.180. The van der Waals surface area contributed by atoms with E-state index >= 15 is 0 Å². The molecule has 0 spiro atoms. The lowest BCUT2D eigenvalue weighted by Gasteiger charge is -2.56. The van der Waals surface area contributed by atoms with Crippen molar-refractivity contribution < 1.29 is 30.6 Å². The minimum Gasteiger partial charge on any atom is -0.380 e. The molecule has 0 saturated heterocycles. The monoisotopic (exact) mass is 519 g/mol. The zero-order valence-corrected chi connectivity index (χ0v) is 22.7. The summed E-state index contributed by atoms with van der Waals surface area (Å²) in [5, 5.41) is 0. The van der Waals surface area contributed by atoms with Gasteiger partial charge in [0.25, 0.3) is 0 Å². The van der Waals surface area contributed by atoms with Crippen LogP contribution in [-0.2, 0) is 19.1 Å². The van der Waals surface area contributed by atoms with Gasteiger partial charge in [0.05, 0.1) is 0 Å². The van der Waals surface area contributed by atoms with Gasteiger partial charge in [-0.2, -0.15) is 21.6 Å². The molecule has 9 heteroatoms. The maximum absolute atomic E-state index is 12.9. The number of nitrogens with zero attached hydrogens (tertiary/aromatic N) is 1. The highest BCUT2D eigenvalue weighted by Gasteiger charge is 2.57. The minimum atomic E-state index is -5.72. The Morgan fingerprint density at radius 1 is 1.20 bits per heavy atom. The van der Waals surface area contributed by atoms with Gasteiger partial charge in [-0.25, -0.2) is 0 Å². The van der Waals surface area contributed by atoms with E-state index in [1.807, 2.05) is 14.1 Å². The zero-order chi connectivity index (χ0) is 26.8. The van der Waals surface area contributed by atoms with E-state index in [4.69, 9.17) is 0 Å². The molecule has 5 atom stereocenters. The molecule has 0 bridgehead atoms. The Bertz CT molecular complexity index is 983. The fourth-order valence-electron chi connectivity index (χ4n) is 6.18. The van der Waals surface area contributed by atoms with Gasteiger partial charge < -0.3 is 9.08 Å². The van der Waals surface area contributed by atoms with Crippen molar-refractivity contribution in [2.75, 3.05) is 20.6 Å². The zero-order valence-electron chi connectivity index (χ0n) is 21.9. The molecular formula is C26H40F3NO4S. The molecule has 0 aromatic heterocycles. The Kier molecular flexibility index (Phi) is 9.13. The first-order valence-electron chi connectivity index (χ1n) is 12.3. The molecule has 2 saturated carbocycles. The van der Waals surface area contributed by atoms with Crippen molar-refractivity contribution in [1.29, 1.82) is 0 Å². The average Bonchev–Trinajstić information content (AvgIpc) is 3.05. The van der Waals surface area contributed by atoms with E-state index in [0.717, 1.165) is 36.8 Å². The SMILES string of the molecule is CC1CC2C3=CC=C(OS(=O)(=O)C(F)(F)F)C3(C)CCC2C(C)(CCN(C)C)/C1=C\C=O.CCC. The maximum Gasteiger partial charge on any atom is 0.534 e. The molecule has 0 radical (unpaired) electrons. The van der Waals surface area contributed by atoms with Crippen molar-refractivity contribution >= 4 is 16.4 Å². The molecule has 5 unspecified atom stereocenters. The normalized spacial score (nSPS) is 33.8. The first-order valence-corrected chi connectivity index (χ1v) is 13.7. The minimum absolute atomic E-state index is 0.0747. The number of halogens is 3. The summed E-state index contributed by atoms with van der Waals surface area (Å²) < 4.78 is 66.7. The number of allylic oxidation sites excluding steroid dienone is 5. The molecule has 0 aliphatic heterocycles. The number of carbonyl (C=O) groups excluding carboxylic acids is 1. The van der Waals surface area contributed by atoms with Crippen LogP contribution in [0.5, 0.6) is 0 Å². The first kappa shape index (κ1) is 29.6. The number of alkyl halides is 3. The van der Waals surface area contributed by atoms with Crippen LogP contribution in [0.1, 0.15) is 66.7 Å². The van der Waals surface area contributed by atoms with Crippen LogP contribution < -0.4 is 0 Å². The van der Waals surface area contributed by atoms with E-state index in [1.165, 1.54) is 12.5 Å². The lowest BCUT2D eigenvalue weighted by atomic mass is 9.48. The molecule has 35 heavy (non-hydrogen) atoms. The predicted octanol–water partition coefficient (Wildman–Crippen LogP) is 6.25. The third-order valence-corrected chi connectivity index (χ3v) is 8.83. The lowest BCUT2D eigenvalue weighted by Crippen LogP contribution is -2.49. The van der Waals surface area contributed by atoms with Crippen molar-refractivity contribution in [3.63, 3.8) is 0 Å². The van der Waals surface area contributed by atoms with Gasteiger partial charge in [-0.1, -0.05) is 51.3 Å². The van der Waals surface area contributed by atoms with Gasteiger partial charge in [0.2, 0.25) is 0 Å². The van der Waals surface area contributed by atoms with Crippen LogP contribution in [0.4, 0.5) is 13.2 Å². The number of hydrogen-bond acceptors (Lipinski definition) is 5. The van der Waals surface area contributed by atoms with Gasteiger partial charge in [0.15, 0.2) is 0 Å². The highest BCUT2D eigenvalue weighted by atomic mass is 32.2. The summed E-state index contributed by atoms with van der Waals surface area (Å²) in [6.45, 7) is 11.1. The third-order valence-electron chi connectivity index (χ3n) is 7.86. The van der Waals surface area contributed by atoms with E-state index in [9.17, 15) is 26.4 Å². The summed E-state index contributed by atoms with van der Waals surface area (Å²) >= 11 is 0. The van der Waals surface area contributed by atoms with Crippen molar-refractivity contribution in [2.24, 2.45) is 28.6 Å². The molecule has 0 aromatic rings. The molecule has 5 nitrogen and oxygen atoms in total. The van der Waals surface area contributed by atoms with Crippen LogP contribution in [0.2, 0.25) is 0 Å². The van der Waals surface area contributed by atoms with E-state index in [0.29, 0.717) is 12.8 Å². The van der Waals surface area contributed by atoms with Crippen molar-refractivity contribution in [2.45, 2.75) is 72.2 Å². The number of hydrogen-bond donors (Lipinski definition) is 0. The fourth-order valence-corrected chi connectivity index (χ4v) is 6.75. The highest BCUT2D eigenvalue weighted by Crippen LogP contribution is 2.64. The van der Waals surface area contributed by atoms with Crippen molar-refractivity contribution in [3.8, 4) is 0 Å². The second-order valence-corrected chi connectivity index (χ2v) is 12.3. The van der Waals surface area contributed by atoms with Crippen LogP contribution in [0.15, 0.2) is 35.1 Å². The summed E-state index contributed by atoms with van der Waals surface area (Å²) in [5.41, 5.74) is -4.52. The molecule has 3 aliphatic carbocycles. The lowest BCUT2D eigenvalue weighted by molar-refractivity contribution is -0.104. The summed E-state index contributed by atoms with van der Waals surface area (Å²) in [7, 11) is -1.72. The highest BCUT2D eigenvalue weighted by molar-refractivity contribution is 7.87. The van der Waals surface area contributed by atoms with Crippen LogP contribution in [0, 0.1) is 28.6 Å². The van der Waals surface area contributed by atoms with Crippen LogP contribution in [-0.4, -0.2) is 45.8 Å². The summed E-state index contributed by atoms with van der Waals surface area (Å²) in [6.07, 6.45) is 9.74. The standard InChI is InChI=1S/C23H32F3NO4S.C3H8/c1-15-14-16-18-6-7-20(31-32(29,30)23(24,25)26)22(18,3)10-8-19(16)21(2,11-12-27(4)5)17(15)9-13-28;1-3-2/h6-7,9,13,15-16,19H,8,10-12,14H2,1-5H3;3H2,1-2H3/b17-9-;. The molecule has 3 rings (SSSR count). The van der Waals surface area contributed by atoms with Crippen LogP contribution in [0.25, 0.3) is 0 Å². The predicted molar refractivity (Wildman–Crippen MR) is 132 cm³/mol. The van der Waals surface area contributed by atoms with Crippen molar-refractivity contribution in [1.82, 2.24) is 4.90 Å². The van der Waals surface area contributed by atoms with E-state index in [1.54, 1.807) is 19.1 Å². The summed E-state index contributed by atoms with van der Waals surface area (Å²) in [4.78, 5) is 13.5. The second-order valence-electron chi connectivity index (χ2n) is 10.8. The molecule has 0 amide bonds. The molecule has 0 N–H and O–H groups in total. The van der Waals surface area contributed by atoms with Crippen LogP contribution in [0.3, 0.4) is 0 Å². The second kappa shape index (κ2) is 10.8. The van der Waals surface area contributed by atoms with E-state index < -0.39 is 21.0 Å². The van der Waals surface area contributed by atoms with Gasteiger partial charge in [-0.3, -0.25) is 4.79 Å². The van der Waals surface area contributed by atoms with E-state index in [2.05, 4.69) is 36.8 Å². The Hall–Kier alpha value is -1.61. The van der Waals surface area contributed by atoms with Gasteiger partial charge in [-0.05, 0) is 88.6 Å². The number of aldehydes is 1. The number of carbonyl (C=O) groups is 1.